The first-order valence-corrected chi connectivity index (χ1v) is 9.24. The Hall–Kier alpha value is -1.85. The molecule has 1 heterocycles. The molecule has 1 saturated heterocycles. The first-order chi connectivity index (χ1) is 11.6. The van der Waals surface area contributed by atoms with E-state index in [9.17, 15) is 0 Å². The summed E-state index contributed by atoms with van der Waals surface area (Å²) in [7, 11) is 0. The summed E-state index contributed by atoms with van der Waals surface area (Å²) in [6, 6.07) is 13.9. The van der Waals surface area contributed by atoms with Crippen LogP contribution in [0.15, 0.2) is 52.3 Å². The molecule has 0 radical (unpaired) electrons. The maximum atomic E-state index is 6.22. The number of hydrogen-bond acceptors (Lipinski definition) is 5. The van der Waals surface area contributed by atoms with E-state index in [0.717, 1.165) is 22.1 Å². The summed E-state index contributed by atoms with van der Waals surface area (Å²) in [4.78, 5) is 4.63. The van der Waals surface area contributed by atoms with Gasteiger partial charge in [-0.05, 0) is 63.2 Å². The van der Waals surface area contributed by atoms with Gasteiger partial charge in [0.1, 0.15) is 11.9 Å². The second-order valence-electron chi connectivity index (χ2n) is 6.28. The lowest BCUT2D eigenvalue weighted by Gasteiger charge is -2.22. The molecular weight excluding hydrogens is 318 g/mol. The molecule has 4 nitrogen and oxygen atoms in total. The smallest absolute Gasteiger partial charge is 0.133 e. The van der Waals surface area contributed by atoms with Crippen molar-refractivity contribution in [1.82, 2.24) is 4.90 Å². The molecule has 128 valence electrons. The topological polar surface area (TPSA) is 64.5 Å². The van der Waals surface area contributed by atoms with Crippen LogP contribution in [0.1, 0.15) is 19.8 Å². The van der Waals surface area contributed by atoms with Gasteiger partial charge in [-0.25, -0.2) is 0 Å². The van der Waals surface area contributed by atoms with Crippen molar-refractivity contribution >= 4 is 23.1 Å². The summed E-state index contributed by atoms with van der Waals surface area (Å²) < 4.78 is 6.22. The van der Waals surface area contributed by atoms with Gasteiger partial charge in [-0.15, -0.1) is 0 Å². The average Bonchev–Trinajstić information content (AvgIpc) is 3.05. The molecule has 4 N–H and O–H groups in total. The molecule has 1 unspecified atom stereocenters. The second kappa shape index (κ2) is 7.81. The number of nitrogens with two attached hydrogens (primary N) is 2. The molecule has 1 aliphatic rings. The lowest BCUT2D eigenvalue weighted by molar-refractivity contribution is 0.159. The fourth-order valence-electron chi connectivity index (χ4n) is 2.96. The maximum absolute atomic E-state index is 6.22. The largest absolute Gasteiger partial charge is 0.488 e. The van der Waals surface area contributed by atoms with Crippen molar-refractivity contribution in [3.8, 4) is 5.75 Å². The summed E-state index contributed by atoms with van der Waals surface area (Å²) in [5.41, 5.74) is 12.9. The molecule has 1 aliphatic heterocycles. The van der Waals surface area contributed by atoms with E-state index >= 15 is 0 Å². The molecule has 2 aromatic carbocycles. The van der Waals surface area contributed by atoms with Crippen molar-refractivity contribution in [2.24, 2.45) is 0 Å². The third-order valence-corrected chi connectivity index (χ3v) is 5.22. The highest BCUT2D eigenvalue weighted by molar-refractivity contribution is 7.99. The quantitative estimate of drug-likeness (QED) is 0.780. The Morgan fingerprint density at radius 1 is 1.08 bits per heavy atom. The van der Waals surface area contributed by atoms with Crippen molar-refractivity contribution in [3.05, 3.63) is 42.5 Å². The van der Waals surface area contributed by atoms with Crippen LogP contribution in [0, 0.1) is 0 Å². The number of nitrogen functional groups attached to an aromatic ring is 2. The van der Waals surface area contributed by atoms with Crippen LogP contribution in [-0.4, -0.2) is 30.6 Å². The number of benzene rings is 2. The molecule has 3 rings (SSSR count). The summed E-state index contributed by atoms with van der Waals surface area (Å²) in [6.45, 7) is 5.50. The van der Waals surface area contributed by atoms with Crippen LogP contribution in [-0.2, 0) is 0 Å². The molecule has 0 aromatic heterocycles. The van der Waals surface area contributed by atoms with E-state index in [2.05, 4.69) is 17.9 Å². The highest BCUT2D eigenvalue weighted by atomic mass is 32.2. The standard InChI is InChI=1S/C19H25N3OS/c1-14(13-22-10-4-5-11-22)23-18-6-2-3-7-19(18)24-15-8-9-16(20)17(21)12-15/h2-3,6-9,12,14H,4-5,10-11,13,20-21H2,1H3. The molecule has 0 amide bonds. The molecule has 0 saturated carbocycles. The Kier molecular flexibility index (Phi) is 5.53. The number of anilines is 2. The minimum Gasteiger partial charge on any atom is -0.488 e. The van der Waals surface area contributed by atoms with Gasteiger partial charge in [-0.3, -0.25) is 4.90 Å². The van der Waals surface area contributed by atoms with Crippen molar-refractivity contribution < 1.29 is 4.74 Å². The molecule has 5 heteroatoms. The lowest BCUT2D eigenvalue weighted by Crippen LogP contribution is -2.31. The third kappa shape index (κ3) is 4.36. The fraction of sp³-hybridized carbons (Fsp3) is 0.368. The summed E-state index contributed by atoms with van der Waals surface area (Å²) >= 11 is 1.65. The molecule has 1 fully saturated rings. The third-order valence-electron chi connectivity index (χ3n) is 4.18. The van der Waals surface area contributed by atoms with Crippen LogP contribution in [0.2, 0.25) is 0 Å². The van der Waals surface area contributed by atoms with Gasteiger partial charge < -0.3 is 16.2 Å². The van der Waals surface area contributed by atoms with Crippen LogP contribution in [0.25, 0.3) is 0 Å². The monoisotopic (exact) mass is 343 g/mol. The summed E-state index contributed by atoms with van der Waals surface area (Å²) in [5.74, 6) is 0.921. The summed E-state index contributed by atoms with van der Waals surface area (Å²) in [6.07, 6.45) is 2.77. The maximum Gasteiger partial charge on any atom is 0.133 e. The van der Waals surface area contributed by atoms with Crippen LogP contribution in [0.3, 0.4) is 0 Å². The van der Waals surface area contributed by atoms with Gasteiger partial charge in [0.2, 0.25) is 0 Å². The first-order valence-electron chi connectivity index (χ1n) is 8.43. The number of nitrogens with zero attached hydrogens (tertiary/aromatic N) is 1. The van der Waals surface area contributed by atoms with Crippen molar-refractivity contribution in [2.75, 3.05) is 31.1 Å². The Balaban J connectivity index is 1.68. The Morgan fingerprint density at radius 2 is 1.83 bits per heavy atom. The van der Waals surface area contributed by atoms with Gasteiger partial charge in [0, 0.05) is 11.4 Å². The molecular formula is C19H25N3OS. The molecule has 2 aromatic rings. The normalized spacial score (nSPS) is 16.2. The van der Waals surface area contributed by atoms with Crippen molar-refractivity contribution in [3.63, 3.8) is 0 Å². The Labute approximate surface area is 148 Å². The van der Waals surface area contributed by atoms with Gasteiger partial charge >= 0.3 is 0 Å². The van der Waals surface area contributed by atoms with Gasteiger partial charge in [0.15, 0.2) is 0 Å². The highest BCUT2D eigenvalue weighted by Gasteiger charge is 2.16. The first kappa shape index (κ1) is 17.0. The van der Waals surface area contributed by atoms with E-state index < -0.39 is 0 Å². The predicted octanol–water partition coefficient (Wildman–Crippen LogP) is 3.87. The molecule has 1 atom stereocenters. The summed E-state index contributed by atoms with van der Waals surface area (Å²) in [5, 5.41) is 0. The highest BCUT2D eigenvalue weighted by Crippen LogP contribution is 2.36. The van der Waals surface area contributed by atoms with Crippen molar-refractivity contribution in [2.45, 2.75) is 35.7 Å². The molecule has 0 bridgehead atoms. The van der Waals surface area contributed by atoms with Crippen LogP contribution in [0.5, 0.6) is 5.75 Å². The fourth-order valence-corrected chi connectivity index (χ4v) is 3.90. The number of para-hydroxylation sites is 1. The van der Waals surface area contributed by atoms with Crippen LogP contribution >= 0.6 is 11.8 Å². The van der Waals surface area contributed by atoms with Gasteiger partial charge in [-0.2, -0.15) is 0 Å². The minimum absolute atomic E-state index is 0.168. The Morgan fingerprint density at radius 3 is 2.58 bits per heavy atom. The molecule has 0 spiro atoms. The van der Waals surface area contributed by atoms with E-state index in [1.165, 1.54) is 25.9 Å². The average molecular weight is 343 g/mol. The Bertz CT molecular complexity index is 686. The lowest BCUT2D eigenvalue weighted by atomic mass is 10.3. The van der Waals surface area contributed by atoms with Gasteiger partial charge in [0.05, 0.1) is 16.3 Å². The number of hydrogen-bond donors (Lipinski definition) is 2. The zero-order valence-corrected chi connectivity index (χ0v) is 14.9. The minimum atomic E-state index is 0.168. The van der Waals surface area contributed by atoms with E-state index in [1.54, 1.807) is 11.8 Å². The van der Waals surface area contributed by atoms with E-state index in [4.69, 9.17) is 16.2 Å². The second-order valence-corrected chi connectivity index (χ2v) is 7.39. The van der Waals surface area contributed by atoms with Crippen LogP contribution in [0.4, 0.5) is 11.4 Å². The number of rotatable bonds is 6. The zero-order valence-electron chi connectivity index (χ0n) is 14.1. The van der Waals surface area contributed by atoms with Crippen molar-refractivity contribution in [1.29, 1.82) is 0 Å². The van der Waals surface area contributed by atoms with E-state index in [0.29, 0.717) is 11.4 Å². The van der Waals surface area contributed by atoms with E-state index in [-0.39, 0.29) is 6.10 Å². The number of likely N-dealkylation sites (tertiary alicyclic amines) is 1. The SMILES string of the molecule is CC(CN1CCCC1)Oc1ccccc1Sc1ccc(N)c(N)c1. The van der Waals surface area contributed by atoms with Crippen LogP contribution < -0.4 is 16.2 Å². The predicted molar refractivity (Wildman–Crippen MR) is 102 cm³/mol. The van der Waals surface area contributed by atoms with Gasteiger partial charge in [-0.1, -0.05) is 23.9 Å². The molecule has 0 aliphatic carbocycles. The number of ether oxygens (including phenoxy) is 1. The zero-order chi connectivity index (χ0) is 16.9. The molecule has 24 heavy (non-hydrogen) atoms. The van der Waals surface area contributed by atoms with E-state index in [1.807, 2.05) is 36.4 Å². The van der Waals surface area contributed by atoms with Gasteiger partial charge in [0.25, 0.3) is 0 Å².